The summed E-state index contributed by atoms with van der Waals surface area (Å²) in [6.07, 6.45) is 8.64. The van der Waals surface area contributed by atoms with Gasteiger partial charge in [0.05, 0.1) is 49.9 Å². The highest BCUT2D eigenvalue weighted by atomic mass is 19.1. The largest absolute Gasteiger partial charge is 0.486 e. The van der Waals surface area contributed by atoms with E-state index in [2.05, 4.69) is 47.1 Å². The number of hydrogen-bond acceptors (Lipinski definition) is 15. The first kappa shape index (κ1) is 53.4. The lowest BCUT2D eigenvalue weighted by Crippen LogP contribution is -2.50. The summed E-state index contributed by atoms with van der Waals surface area (Å²) >= 11 is 0. The van der Waals surface area contributed by atoms with Gasteiger partial charge in [0.1, 0.15) is 47.6 Å². The first-order valence-electron chi connectivity index (χ1n) is 28.7. The number of hydrogen-bond donors (Lipinski definition) is 5. The normalized spacial score (nSPS) is 20.8. The number of pyridine rings is 1. The van der Waals surface area contributed by atoms with E-state index in [4.69, 9.17) is 24.2 Å². The highest BCUT2D eigenvalue weighted by molar-refractivity contribution is 6.06. The molecule has 5 aliphatic rings. The van der Waals surface area contributed by atoms with Gasteiger partial charge in [-0.25, -0.2) is 9.07 Å². The van der Waals surface area contributed by atoms with Crippen molar-refractivity contribution in [2.24, 2.45) is 5.92 Å². The molecule has 8 heterocycles. The number of halogens is 1. The number of piperazine rings is 1. The monoisotopic (exact) mass is 1110 g/mol. The van der Waals surface area contributed by atoms with Gasteiger partial charge >= 0.3 is 6.01 Å². The number of carbonyl (C=O) groups excluding carboxylic acids is 2. The van der Waals surface area contributed by atoms with Gasteiger partial charge in [-0.05, 0) is 91.0 Å². The van der Waals surface area contributed by atoms with Crippen LogP contribution in [0.1, 0.15) is 98.3 Å². The Bertz CT molecular complexity index is 3690. The fourth-order valence-corrected chi connectivity index (χ4v) is 12.7. The van der Waals surface area contributed by atoms with Crippen LogP contribution in [-0.4, -0.2) is 137 Å². The molecule has 4 saturated heterocycles. The maximum absolute atomic E-state index is 16.2. The number of aromatic nitrogens is 8. The van der Waals surface area contributed by atoms with E-state index in [9.17, 15) is 19.8 Å². The predicted molar refractivity (Wildman–Crippen MR) is 305 cm³/mol. The van der Waals surface area contributed by atoms with Crippen molar-refractivity contribution < 1.29 is 38.4 Å². The molecule has 0 spiro atoms. The molecule has 4 aliphatic heterocycles. The predicted octanol–water partition coefficient (Wildman–Crippen LogP) is 7.82. The van der Waals surface area contributed by atoms with E-state index < -0.39 is 30.1 Å². The summed E-state index contributed by atoms with van der Waals surface area (Å²) in [5, 5.41) is 46.0. The van der Waals surface area contributed by atoms with Crippen molar-refractivity contribution in [2.45, 2.75) is 121 Å². The molecule has 2 amide bonds. The van der Waals surface area contributed by atoms with E-state index in [1.165, 1.54) is 15.6 Å². The van der Waals surface area contributed by atoms with Gasteiger partial charge in [0.25, 0.3) is 0 Å². The number of aryl methyl sites for hydroxylation is 1. The van der Waals surface area contributed by atoms with E-state index in [0.29, 0.717) is 58.4 Å². The summed E-state index contributed by atoms with van der Waals surface area (Å²) in [4.78, 5) is 47.4. The smallest absolute Gasteiger partial charge is 0.319 e. The number of aliphatic hydroxyl groups excluding tert-OH is 2. The second-order valence-electron chi connectivity index (χ2n) is 23.1. The Labute approximate surface area is 473 Å². The first-order chi connectivity index (χ1) is 39.9. The zero-order chi connectivity index (χ0) is 56.3. The highest BCUT2D eigenvalue weighted by Crippen LogP contribution is 2.53. The number of benzene rings is 4. The van der Waals surface area contributed by atoms with E-state index in [0.717, 1.165) is 101 Å². The SMILES string of the molecule is Cc1ncccc1-c1ccc([C@H](CO)NC(=O)[C@@H]2C[C@@H](O)CN2C(=O)[C@H](C(C)C)n2cc(-c3ccc(COc4c(-c5c(C)c(F)cc6[nH]ncc56)c(C5CC5)cc5c(N6C[C@@H]7CC6CN7)nc(OC6CCOCC6)nc45)cc3)nn2)cc1. The molecule has 5 N–H and O–H groups in total. The number of anilines is 1. The topological polar surface area (TPSA) is 231 Å². The Morgan fingerprint density at radius 3 is 2.45 bits per heavy atom. The average molecular weight is 1110 g/mol. The molecular formula is C62H67FN12O7. The minimum atomic E-state index is -0.984. The molecule has 8 aromatic rings. The molecule has 0 radical (unpaired) electrons. The number of nitrogens with zero attached hydrogens (tertiary/aromatic N) is 9. The first-order valence-corrected chi connectivity index (χ1v) is 28.7. The van der Waals surface area contributed by atoms with Gasteiger partial charge in [-0.1, -0.05) is 73.7 Å². The number of amides is 2. The van der Waals surface area contributed by atoms with E-state index in [1.807, 2.05) is 88.4 Å². The van der Waals surface area contributed by atoms with Crippen molar-refractivity contribution >= 4 is 39.4 Å². The minimum absolute atomic E-state index is 0.0394. The standard InChI is InChI=1S/C62H67FN12O7/c1-33(2)57(61(79)74-29-43(77)23-53(74)60(78)67-52(31-76)40-15-13-37(14-16-40)45-6-5-19-64-35(45)4)75-30-51(71-72-75)39-9-7-36(8-10-39)32-81-58-55(54-34(3)49(63)25-50-48(54)27-66-70-50)46(38-11-12-38)24-47-56(58)68-62(82-44-17-20-80-21-18-44)69-59(47)73-28-41-22-42(73)26-65-41/h5-10,13-16,19,24-25,27,30,33,38,41-44,52-53,57,65,76-77H,11-12,17-18,20-23,26,28-29,31-32H2,1-4H3,(H,66,70)(H,67,78)/t41-,42?,43+,52-,53-,57-/m0/s1. The lowest BCUT2D eigenvalue weighted by atomic mass is 9.88. The fraction of sp³-hybridized carbons (Fsp3) is 0.419. The molecule has 6 atom stereocenters. The Balaban J connectivity index is 0.781. The molecule has 82 heavy (non-hydrogen) atoms. The number of H-pyrrole nitrogens is 1. The number of β-amino-alcohol motifs (C(OH)–C–C–N with tert-alkyl or cyclic N) is 1. The van der Waals surface area contributed by atoms with Crippen LogP contribution in [0.15, 0.2) is 91.4 Å². The van der Waals surface area contributed by atoms with Crippen LogP contribution in [-0.2, 0) is 20.9 Å². The molecule has 4 aromatic carbocycles. The maximum Gasteiger partial charge on any atom is 0.319 e. The quantitative estimate of drug-likeness (QED) is 0.0585. The van der Waals surface area contributed by atoms with E-state index in [-0.39, 0.29) is 67.9 Å². The third-order valence-corrected chi connectivity index (χ3v) is 17.2. The molecule has 424 valence electrons. The zero-order valence-corrected chi connectivity index (χ0v) is 46.4. The van der Waals surface area contributed by atoms with Crippen molar-refractivity contribution in [2.75, 3.05) is 44.4 Å². The molecule has 4 aromatic heterocycles. The summed E-state index contributed by atoms with van der Waals surface area (Å²) in [5.74, 6) is 0.0737. The van der Waals surface area contributed by atoms with Crippen molar-refractivity contribution in [1.82, 2.24) is 55.7 Å². The molecule has 1 saturated carbocycles. The van der Waals surface area contributed by atoms with E-state index >= 15 is 4.39 Å². The second-order valence-corrected chi connectivity index (χ2v) is 23.1. The number of nitrogens with one attached hydrogen (secondary N) is 3. The van der Waals surface area contributed by atoms with Crippen LogP contribution >= 0.6 is 0 Å². The third-order valence-electron chi connectivity index (χ3n) is 17.2. The number of carbonyl (C=O) groups is 2. The van der Waals surface area contributed by atoms with Gasteiger partial charge < -0.3 is 44.9 Å². The Morgan fingerprint density at radius 1 is 0.939 bits per heavy atom. The number of rotatable bonds is 17. The van der Waals surface area contributed by atoms with Crippen molar-refractivity contribution in [3.63, 3.8) is 0 Å². The molecule has 1 unspecified atom stereocenters. The minimum Gasteiger partial charge on any atom is -0.486 e. The number of aromatic amines is 1. The summed E-state index contributed by atoms with van der Waals surface area (Å²) in [5.41, 5.74) is 9.85. The summed E-state index contributed by atoms with van der Waals surface area (Å²) in [6.45, 7) is 10.1. The van der Waals surface area contributed by atoms with Gasteiger partial charge in [0.2, 0.25) is 11.8 Å². The van der Waals surface area contributed by atoms with Crippen molar-refractivity contribution in [1.29, 1.82) is 0 Å². The molecule has 1 aliphatic carbocycles. The van der Waals surface area contributed by atoms with Crippen LogP contribution < -0.4 is 25.0 Å². The van der Waals surface area contributed by atoms with Crippen LogP contribution in [0, 0.1) is 25.6 Å². The number of fused-ring (bicyclic) bond motifs is 4. The van der Waals surface area contributed by atoms with Gasteiger partial charge in [0.15, 0.2) is 5.75 Å². The third kappa shape index (κ3) is 10.2. The van der Waals surface area contributed by atoms with Gasteiger partial charge in [-0.15, -0.1) is 5.10 Å². The molecule has 5 fully saturated rings. The number of ether oxygens (including phenoxy) is 3. The summed E-state index contributed by atoms with van der Waals surface area (Å²) < 4.78 is 37.2. The molecule has 13 rings (SSSR count). The average Bonchev–Trinajstić information content (AvgIpc) is 4.17. The molecule has 19 nitrogen and oxygen atoms in total. The lowest BCUT2D eigenvalue weighted by molar-refractivity contribution is -0.142. The van der Waals surface area contributed by atoms with Crippen LogP contribution in [0.3, 0.4) is 0 Å². The van der Waals surface area contributed by atoms with Crippen molar-refractivity contribution in [3.8, 4) is 45.3 Å². The Kier molecular flexibility index (Phi) is 14.4. The van der Waals surface area contributed by atoms with Gasteiger partial charge in [0, 0.05) is 95.9 Å². The summed E-state index contributed by atoms with van der Waals surface area (Å²) in [6, 6.07) is 21.3. The summed E-state index contributed by atoms with van der Waals surface area (Å²) in [7, 11) is 0. The fourth-order valence-electron chi connectivity index (χ4n) is 12.7. The molecule has 20 heteroatoms. The van der Waals surface area contributed by atoms with E-state index in [1.54, 1.807) is 18.6 Å². The van der Waals surface area contributed by atoms with Crippen LogP contribution in [0.5, 0.6) is 11.8 Å². The second kappa shape index (κ2) is 22.1. The lowest BCUT2D eigenvalue weighted by Gasteiger charge is -2.31. The van der Waals surface area contributed by atoms with Gasteiger partial charge in [-0.3, -0.25) is 19.7 Å². The zero-order valence-electron chi connectivity index (χ0n) is 46.4. The number of likely N-dealkylation sites (tertiary alicyclic amines) is 1. The highest BCUT2D eigenvalue weighted by Gasteiger charge is 2.44. The number of aliphatic hydroxyl groups is 2. The van der Waals surface area contributed by atoms with Crippen LogP contribution in [0.2, 0.25) is 0 Å². The Hall–Kier alpha value is -7.91. The van der Waals surface area contributed by atoms with Crippen molar-refractivity contribution in [3.05, 3.63) is 125 Å². The van der Waals surface area contributed by atoms with Gasteiger partial charge in [-0.2, -0.15) is 15.1 Å². The maximum atomic E-state index is 16.2. The van der Waals surface area contributed by atoms with Crippen LogP contribution in [0.25, 0.3) is 55.3 Å². The Morgan fingerprint density at radius 2 is 1.73 bits per heavy atom. The molecule has 2 bridgehead atoms. The van der Waals surface area contributed by atoms with Crippen LogP contribution in [0.4, 0.5) is 10.2 Å². The molecular weight excluding hydrogens is 1040 g/mol.